The summed E-state index contributed by atoms with van der Waals surface area (Å²) in [5, 5.41) is 16.7. The molecule has 36 heavy (non-hydrogen) atoms. The van der Waals surface area contributed by atoms with Crippen molar-refractivity contribution in [3.63, 3.8) is 0 Å². The number of aromatic nitrogens is 2. The van der Waals surface area contributed by atoms with Gasteiger partial charge in [0, 0.05) is 24.2 Å². The topological polar surface area (TPSA) is 126 Å². The lowest BCUT2D eigenvalue weighted by molar-refractivity contribution is -0.305. The van der Waals surface area contributed by atoms with Crippen LogP contribution in [0.4, 0.5) is 5.95 Å². The number of carbonyl (C=O) groups excluding carboxylic acids is 2. The van der Waals surface area contributed by atoms with Gasteiger partial charge in [-0.2, -0.15) is 0 Å². The number of amides is 1. The average Bonchev–Trinajstić information content (AvgIpc) is 3.48. The lowest BCUT2D eigenvalue weighted by Gasteiger charge is -2.18. The Morgan fingerprint density at radius 2 is 1.53 bits per heavy atom. The van der Waals surface area contributed by atoms with Gasteiger partial charge in [0.1, 0.15) is 12.2 Å². The molecule has 4 atom stereocenters. The van der Waals surface area contributed by atoms with Crippen LogP contribution in [0, 0.1) is 0 Å². The predicted octanol–water partition coefficient (Wildman–Crippen LogP) is 1.79. The quantitative estimate of drug-likeness (QED) is 0.468. The van der Waals surface area contributed by atoms with Gasteiger partial charge in [0.15, 0.2) is 0 Å². The van der Waals surface area contributed by atoms with Crippen LogP contribution < -0.4 is 15.7 Å². The second-order valence-electron chi connectivity index (χ2n) is 8.96. The number of hydrogen-bond donors (Lipinski definition) is 2. The van der Waals surface area contributed by atoms with E-state index in [1.807, 2.05) is 36.4 Å². The second-order valence-corrected chi connectivity index (χ2v) is 8.96. The minimum Gasteiger partial charge on any atom is -0.550 e. The molecule has 2 saturated heterocycles. The molecular formula is C27H27N4O5-. The van der Waals surface area contributed by atoms with E-state index in [9.17, 15) is 14.7 Å². The minimum absolute atomic E-state index is 0.122. The Labute approximate surface area is 208 Å². The van der Waals surface area contributed by atoms with E-state index >= 15 is 0 Å². The van der Waals surface area contributed by atoms with E-state index in [1.54, 1.807) is 6.20 Å². The molecule has 0 unspecified atom stereocenters. The van der Waals surface area contributed by atoms with Gasteiger partial charge in [0.2, 0.25) is 11.9 Å². The van der Waals surface area contributed by atoms with E-state index in [0.717, 1.165) is 22.4 Å². The van der Waals surface area contributed by atoms with E-state index in [2.05, 4.69) is 44.9 Å². The molecule has 3 heterocycles. The first-order valence-electron chi connectivity index (χ1n) is 12.0. The van der Waals surface area contributed by atoms with Crippen LogP contribution in [-0.2, 0) is 19.1 Å². The van der Waals surface area contributed by atoms with Gasteiger partial charge in [-0.05, 0) is 30.0 Å². The number of carboxylic acid groups (broad SMARTS) is 1. The van der Waals surface area contributed by atoms with Crippen LogP contribution in [0.2, 0.25) is 0 Å². The highest BCUT2D eigenvalue weighted by molar-refractivity contribution is 5.77. The van der Waals surface area contributed by atoms with Crippen molar-refractivity contribution in [2.45, 2.75) is 43.6 Å². The highest BCUT2D eigenvalue weighted by atomic mass is 16.6. The highest BCUT2D eigenvalue weighted by Crippen LogP contribution is 2.29. The van der Waals surface area contributed by atoms with Crippen LogP contribution in [0.1, 0.15) is 19.3 Å². The number of hydrogen-bond acceptors (Lipinski definition) is 8. The number of carboxylic acids is 1. The molecule has 2 N–H and O–H groups in total. The third kappa shape index (κ3) is 5.53. The molecule has 0 spiro atoms. The maximum absolute atomic E-state index is 12.1. The van der Waals surface area contributed by atoms with E-state index < -0.39 is 5.97 Å². The van der Waals surface area contributed by atoms with Crippen LogP contribution in [0.3, 0.4) is 0 Å². The molecule has 5 rings (SSSR count). The van der Waals surface area contributed by atoms with Crippen molar-refractivity contribution < 1.29 is 24.2 Å². The summed E-state index contributed by atoms with van der Waals surface area (Å²) in [5.41, 5.74) is 4.09. The van der Waals surface area contributed by atoms with E-state index in [-0.39, 0.29) is 49.5 Å². The number of ether oxygens (including phenoxy) is 2. The minimum atomic E-state index is -1.16. The summed E-state index contributed by atoms with van der Waals surface area (Å²) in [4.78, 5) is 31.7. The van der Waals surface area contributed by atoms with Crippen molar-refractivity contribution in [1.82, 2.24) is 15.3 Å². The number of nitrogens with zero attached hydrogens (tertiary/aromatic N) is 2. The second kappa shape index (κ2) is 10.8. The summed E-state index contributed by atoms with van der Waals surface area (Å²) in [6, 6.07) is 19.9. The van der Waals surface area contributed by atoms with E-state index in [1.165, 1.54) is 0 Å². The van der Waals surface area contributed by atoms with Gasteiger partial charge in [-0.3, -0.25) is 4.79 Å². The van der Waals surface area contributed by atoms with Crippen molar-refractivity contribution >= 4 is 17.8 Å². The molecule has 186 valence electrons. The number of nitrogens with one attached hydrogen (secondary N) is 2. The summed E-state index contributed by atoms with van der Waals surface area (Å²) < 4.78 is 11.9. The highest BCUT2D eigenvalue weighted by Gasteiger charge is 2.48. The number of carbonyl (C=O) groups is 2. The van der Waals surface area contributed by atoms with Gasteiger partial charge in [0.05, 0.1) is 31.0 Å². The fourth-order valence-electron chi connectivity index (χ4n) is 4.64. The number of aliphatic carboxylic acids is 1. The van der Waals surface area contributed by atoms with Crippen molar-refractivity contribution in [3.05, 3.63) is 66.9 Å². The Balaban J connectivity index is 1.19. The smallest absolute Gasteiger partial charge is 0.223 e. The average molecular weight is 488 g/mol. The first-order valence-corrected chi connectivity index (χ1v) is 12.0. The molecule has 9 heteroatoms. The molecule has 9 nitrogen and oxygen atoms in total. The maximum Gasteiger partial charge on any atom is 0.223 e. The van der Waals surface area contributed by atoms with Gasteiger partial charge in [0.25, 0.3) is 0 Å². The molecular weight excluding hydrogens is 460 g/mol. The normalized spacial score (nSPS) is 22.7. The molecule has 0 bridgehead atoms. The predicted molar refractivity (Wildman–Crippen MR) is 131 cm³/mol. The molecule has 1 amide bonds. The first-order chi connectivity index (χ1) is 17.6. The van der Waals surface area contributed by atoms with Crippen molar-refractivity contribution in [3.8, 4) is 22.4 Å². The Hall–Kier alpha value is -3.82. The summed E-state index contributed by atoms with van der Waals surface area (Å²) in [7, 11) is 0. The van der Waals surface area contributed by atoms with Gasteiger partial charge < -0.3 is 30.0 Å². The number of rotatable bonds is 9. The van der Waals surface area contributed by atoms with E-state index in [0.29, 0.717) is 19.2 Å². The standard InChI is InChI=1S/C27H28N4O5/c32-23(7-4-8-24(33)34)29-21-15-35-26-22(16-36-25(21)26)31-27-28-14-13-20(30-27)19-11-9-18(10-12-19)17-5-2-1-3-6-17/h1-3,5-6,9-14,21-22,25-26H,4,7-8,15-16H2,(H,29,32)(H,33,34)(H,28,30,31)/p-1/t21-,22-,25+,26+/m0/s1. The van der Waals surface area contributed by atoms with Crippen LogP contribution in [0.5, 0.6) is 0 Å². The fourth-order valence-corrected chi connectivity index (χ4v) is 4.64. The Bertz CT molecular complexity index is 1200. The molecule has 0 aliphatic carbocycles. The number of anilines is 1. The van der Waals surface area contributed by atoms with Crippen LogP contribution in [-0.4, -0.2) is 59.3 Å². The van der Waals surface area contributed by atoms with Gasteiger partial charge in [-0.15, -0.1) is 0 Å². The molecule has 1 aromatic heterocycles. The maximum atomic E-state index is 12.1. The van der Waals surface area contributed by atoms with Crippen LogP contribution in [0.15, 0.2) is 66.9 Å². The number of benzene rings is 2. The summed E-state index contributed by atoms with van der Waals surface area (Å²) in [5.74, 6) is -0.900. The van der Waals surface area contributed by atoms with E-state index in [4.69, 9.17) is 9.47 Å². The lowest BCUT2D eigenvalue weighted by Crippen LogP contribution is -2.44. The molecule has 0 radical (unpaired) electrons. The molecule has 3 aromatic rings. The van der Waals surface area contributed by atoms with Crippen molar-refractivity contribution in [2.24, 2.45) is 0 Å². The van der Waals surface area contributed by atoms with Gasteiger partial charge >= 0.3 is 0 Å². The monoisotopic (exact) mass is 487 g/mol. The van der Waals surface area contributed by atoms with Crippen molar-refractivity contribution in [1.29, 1.82) is 0 Å². The Morgan fingerprint density at radius 3 is 2.28 bits per heavy atom. The molecule has 2 aromatic carbocycles. The SMILES string of the molecule is O=C([O-])CCCC(=O)N[C@H]1CO[C@H]2[C@@H]1OC[C@@H]2Nc1nccc(-c2ccc(-c3ccccc3)cc2)n1. The van der Waals surface area contributed by atoms with Crippen molar-refractivity contribution in [2.75, 3.05) is 18.5 Å². The zero-order chi connectivity index (χ0) is 24.9. The lowest BCUT2D eigenvalue weighted by atomic mass is 10.0. The molecule has 2 aliphatic heterocycles. The summed E-state index contributed by atoms with van der Waals surface area (Å²) in [6.07, 6.45) is 1.39. The first kappa shape index (κ1) is 23.9. The van der Waals surface area contributed by atoms with Crippen LogP contribution >= 0.6 is 0 Å². The zero-order valence-electron chi connectivity index (χ0n) is 19.6. The summed E-state index contributed by atoms with van der Waals surface area (Å²) in [6.45, 7) is 0.722. The Kier molecular flexibility index (Phi) is 7.20. The molecule has 0 saturated carbocycles. The fraction of sp³-hybridized carbons (Fsp3) is 0.333. The molecule has 2 fully saturated rings. The van der Waals surface area contributed by atoms with Gasteiger partial charge in [-0.25, -0.2) is 9.97 Å². The molecule has 2 aliphatic rings. The third-order valence-electron chi connectivity index (χ3n) is 6.44. The largest absolute Gasteiger partial charge is 0.550 e. The van der Waals surface area contributed by atoms with Gasteiger partial charge in [-0.1, -0.05) is 54.6 Å². The zero-order valence-corrected chi connectivity index (χ0v) is 19.6. The number of fused-ring (bicyclic) bond motifs is 1. The van der Waals surface area contributed by atoms with Crippen LogP contribution in [0.25, 0.3) is 22.4 Å². The summed E-state index contributed by atoms with van der Waals surface area (Å²) >= 11 is 0. The Morgan fingerprint density at radius 1 is 0.861 bits per heavy atom. The third-order valence-corrected chi connectivity index (χ3v) is 6.44.